The van der Waals surface area contributed by atoms with Crippen LogP contribution in [0.25, 0.3) is 0 Å². The molecule has 1 aromatic carbocycles. The number of hydrogen-bond donors (Lipinski definition) is 0. The maximum absolute atomic E-state index is 12.0. The van der Waals surface area contributed by atoms with Gasteiger partial charge in [0.25, 0.3) is 0 Å². The maximum atomic E-state index is 12.0. The van der Waals surface area contributed by atoms with Crippen LogP contribution in [0.1, 0.15) is 47.8 Å². The van der Waals surface area contributed by atoms with Gasteiger partial charge < -0.3 is 9.47 Å². The van der Waals surface area contributed by atoms with Gasteiger partial charge in [-0.05, 0) is 50.5 Å². The Morgan fingerprint density at radius 1 is 1.05 bits per heavy atom. The second-order valence-corrected chi connectivity index (χ2v) is 4.81. The van der Waals surface area contributed by atoms with Crippen molar-refractivity contribution in [1.82, 2.24) is 0 Å². The molecule has 0 aromatic heterocycles. The number of carbonyl (C=O) groups is 2. The summed E-state index contributed by atoms with van der Waals surface area (Å²) >= 11 is 0. The first kappa shape index (κ1) is 19.9. The molecule has 1 aromatic rings. The van der Waals surface area contributed by atoms with Crippen molar-refractivity contribution in [3.05, 3.63) is 46.5 Å². The van der Waals surface area contributed by atoms with Gasteiger partial charge in [-0.1, -0.05) is 26.5 Å². The highest BCUT2D eigenvalue weighted by Gasteiger charge is 2.13. The van der Waals surface area contributed by atoms with Crippen molar-refractivity contribution in [3.63, 3.8) is 0 Å². The van der Waals surface area contributed by atoms with E-state index >= 15 is 0 Å². The summed E-state index contributed by atoms with van der Waals surface area (Å²) in [5, 5.41) is 0. The summed E-state index contributed by atoms with van der Waals surface area (Å²) in [6, 6.07) is 3.81. The number of rotatable bonds is 5. The number of benzene rings is 1. The number of esters is 2. The van der Waals surface area contributed by atoms with Gasteiger partial charge in [0.1, 0.15) is 13.2 Å². The van der Waals surface area contributed by atoms with Crippen LogP contribution in [0.15, 0.2) is 24.3 Å². The first-order valence-electron chi connectivity index (χ1n) is 7.40. The lowest BCUT2D eigenvalue weighted by Gasteiger charge is -2.10. The smallest absolute Gasteiger partial charge is 0.338 e. The molecule has 0 heterocycles. The van der Waals surface area contributed by atoms with E-state index in [0.29, 0.717) is 11.1 Å². The quantitative estimate of drug-likeness (QED) is 0.470. The zero-order chi connectivity index (χ0) is 17.3. The van der Waals surface area contributed by atoms with Gasteiger partial charge in [0.2, 0.25) is 0 Å². The fourth-order valence-electron chi connectivity index (χ4n) is 1.72. The van der Waals surface area contributed by atoms with Crippen molar-refractivity contribution in [2.75, 3.05) is 13.2 Å². The average molecular weight is 306 g/mol. The predicted octanol–water partition coefficient (Wildman–Crippen LogP) is 3.91. The van der Waals surface area contributed by atoms with Crippen LogP contribution in [0.2, 0.25) is 0 Å². The van der Waals surface area contributed by atoms with Crippen molar-refractivity contribution in [2.45, 2.75) is 41.5 Å². The molecule has 0 atom stereocenters. The van der Waals surface area contributed by atoms with Gasteiger partial charge in [-0.25, -0.2) is 9.59 Å². The summed E-state index contributed by atoms with van der Waals surface area (Å²) in [5.74, 6) is -0.885. The lowest BCUT2D eigenvalue weighted by Crippen LogP contribution is -2.15. The number of carbonyl (C=O) groups excluding carboxylic acids is 2. The fourth-order valence-corrected chi connectivity index (χ4v) is 1.72. The lowest BCUT2D eigenvalue weighted by atomic mass is 10.0. The van der Waals surface area contributed by atoms with Gasteiger partial charge in [-0.2, -0.15) is 0 Å². The van der Waals surface area contributed by atoms with E-state index in [1.807, 2.05) is 40.7 Å². The molecule has 0 N–H and O–H groups in total. The zero-order valence-corrected chi connectivity index (χ0v) is 14.4. The molecule has 0 amide bonds. The number of aryl methyl sites for hydroxylation is 2. The summed E-state index contributed by atoms with van der Waals surface area (Å²) in [5.41, 5.74) is 3.83. The van der Waals surface area contributed by atoms with E-state index in [4.69, 9.17) is 9.47 Å². The Morgan fingerprint density at radius 3 is 2.14 bits per heavy atom. The number of hydrogen-bond acceptors (Lipinski definition) is 4. The van der Waals surface area contributed by atoms with Crippen LogP contribution in [0, 0.1) is 20.8 Å². The van der Waals surface area contributed by atoms with E-state index in [9.17, 15) is 9.59 Å². The van der Waals surface area contributed by atoms with Crippen molar-refractivity contribution in [1.29, 1.82) is 0 Å². The molecule has 0 bridgehead atoms. The normalized spacial score (nSPS) is 9.36. The summed E-state index contributed by atoms with van der Waals surface area (Å²) in [6.07, 6.45) is 0. The molecule has 0 fully saturated rings. The monoisotopic (exact) mass is 306 g/mol. The Labute approximate surface area is 133 Å². The highest BCUT2D eigenvalue weighted by Crippen LogP contribution is 2.16. The Kier molecular flexibility index (Phi) is 8.83. The Bertz CT molecular complexity index is 544. The van der Waals surface area contributed by atoms with Crippen molar-refractivity contribution >= 4 is 11.9 Å². The first-order chi connectivity index (χ1) is 10.3. The molecule has 4 nitrogen and oxygen atoms in total. The van der Waals surface area contributed by atoms with Crippen LogP contribution in [-0.4, -0.2) is 25.2 Å². The second-order valence-electron chi connectivity index (χ2n) is 4.81. The molecule has 0 saturated heterocycles. The summed E-state index contributed by atoms with van der Waals surface area (Å²) in [7, 11) is 0. The Balaban J connectivity index is 0.00000211. The molecule has 0 aliphatic heterocycles. The van der Waals surface area contributed by atoms with Crippen molar-refractivity contribution < 1.29 is 19.1 Å². The predicted molar refractivity (Wildman–Crippen MR) is 88.1 cm³/mol. The minimum Gasteiger partial charge on any atom is -0.459 e. The van der Waals surface area contributed by atoms with E-state index in [0.717, 1.165) is 16.7 Å². The molecule has 1 rings (SSSR count). The van der Waals surface area contributed by atoms with Crippen molar-refractivity contribution in [2.24, 2.45) is 0 Å². The summed E-state index contributed by atoms with van der Waals surface area (Å²) < 4.78 is 9.95. The van der Waals surface area contributed by atoms with Gasteiger partial charge in [0.15, 0.2) is 0 Å². The SMILES string of the molecule is C=C(C)C(=O)OCCOC(=O)c1cc(C)cc(C)c1C.CC. The zero-order valence-electron chi connectivity index (χ0n) is 14.4. The molecule has 0 spiro atoms. The van der Waals surface area contributed by atoms with Crippen LogP contribution in [-0.2, 0) is 14.3 Å². The largest absolute Gasteiger partial charge is 0.459 e. The van der Waals surface area contributed by atoms with Crippen LogP contribution in [0.5, 0.6) is 0 Å². The van der Waals surface area contributed by atoms with Crippen molar-refractivity contribution in [3.8, 4) is 0 Å². The van der Waals surface area contributed by atoms with Crippen LogP contribution < -0.4 is 0 Å². The average Bonchev–Trinajstić information content (AvgIpc) is 2.48. The highest BCUT2D eigenvalue weighted by atomic mass is 16.6. The van der Waals surface area contributed by atoms with Crippen LogP contribution >= 0.6 is 0 Å². The Hall–Kier alpha value is -2.10. The van der Waals surface area contributed by atoms with Gasteiger partial charge >= 0.3 is 11.9 Å². The van der Waals surface area contributed by atoms with Gasteiger partial charge in [-0.3, -0.25) is 0 Å². The van der Waals surface area contributed by atoms with E-state index < -0.39 is 11.9 Å². The third kappa shape index (κ3) is 6.12. The molecule has 122 valence electrons. The molecule has 22 heavy (non-hydrogen) atoms. The molecule has 0 radical (unpaired) electrons. The summed E-state index contributed by atoms with van der Waals surface area (Å²) in [6.45, 7) is 14.9. The molecule has 4 heteroatoms. The van der Waals surface area contributed by atoms with E-state index in [1.54, 1.807) is 13.0 Å². The third-order valence-corrected chi connectivity index (χ3v) is 2.93. The van der Waals surface area contributed by atoms with Crippen LogP contribution in [0.4, 0.5) is 0 Å². The molecule has 0 aliphatic carbocycles. The maximum Gasteiger partial charge on any atom is 0.338 e. The molecule has 0 unspecified atom stereocenters. The summed E-state index contributed by atoms with van der Waals surface area (Å²) in [4.78, 5) is 23.1. The van der Waals surface area contributed by atoms with Gasteiger partial charge in [0.05, 0.1) is 5.56 Å². The minimum atomic E-state index is -0.483. The molecule has 0 aliphatic rings. The molecular weight excluding hydrogens is 280 g/mol. The fraction of sp³-hybridized carbons (Fsp3) is 0.444. The van der Waals surface area contributed by atoms with E-state index in [-0.39, 0.29) is 13.2 Å². The lowest BCUT2D eigenvalue weighted by molar-refractivity contribution is -0.140. The van der Waals surface area contributed by atoms with Gasteiger partial charge in [-0.15, -0.1) is 0 Å². The third-order valence-electron chi connectivity index (χ3n) is 2.93. The van der Waals surface area contributed by atoms with Gasteiger partial charge in [0, 0.05) is 5.57 Å². The Morgan fingerprint density at radius 2 is 1.59 bits per heavy atom. The molecular formula is C18H26O4. The highest BCUT2D eigenvalue weighted by molar-refractivity contribution is 5.91. The van der Waals surface area contributed by atoms with E-state index in [2.05, 4.69) is 6.58 Å². The number of ether oxygens (including phenoxy) is 2. The minimum absolute atomic E-state index is 0.0290. The van der Waals surface area contributed by atoms with E-state index in [1.165, 1.54) is 0 Å². The second kappa shape index (κ2) is 9.77. The molecule has 0 saturated carbocycles. The topological polar surface area (TPSA) is 52.6 Å². The first-order valence-corrected chi connectivity index (χ1v) is 7.40. The standard InChI is InChI=1S/C16H20O4.C2H6/c1-10(2)15(17)19-6-7-20-16(18)14-9-11(3)8-12(4)13(14)5;1-2/h8-9H,1,6-7H2,2-5H3;1-2H3. The van der Waals surface area contributed by atoms with Crippen LogP contribution in [0.3, 0.4) is 0 Å².